The molecule has 0 aromatic heterocycles. The fraction of sp³-hybridized carbons (Fsp3) is 0.625. The van der Waals surface area contributed by atoms with Gasteiger partial charge in [-0.1, -0.05) is 30.3 Å². The number of carbonyl (C=O) groups is 3. The number of likely N-dealkylation sites (tertiary alicyclic amines) is 1. The summed E-state index contributed by atoms with van der Waals surface area (Å²) in [5.41, 5.74) is 0.970. The topological polar surface area (TPSA) is 110 Å². The first-order valence-corrected chi connectivity index (χ1v) is 11.5. The van der Waals surface area contributed by atoms with Gasteiger partial charge in [-0.15, -0.1) is 0 Å². The van der Waals surface area contributed by atoms with Crippen molar-refractivity contribution >= 4 is 18.3 Å². The van der Waals surface area contributed by atoms with Crippen molar-refractivity contribution in [3.05, 3.63) is 35.9 Å². The first kappa shape index (κ1) is 24.2. The van der Waals surface area contributed by atoms with E-state index in [1.54, 1.807) is 6.92 Å². The zero-order chi connectivity index (χ0) is 23.1. The molecular formula is C24H35N3O5. The van der Waals surface area contributed by atoms with Gasteiger partial charge in [0.1, 0.15) is 0 Å². The number of amides is 2. The van der Waals surface area contributed by atoms with E-state index in [0.717, 1.165) is 44.5 Å². The minimum atomic E-state index is -0.444. The summed E-state index contributed by atoms with van der Waals surface area (Å²) in [6, 6.07) is 10.2. The Hall–Kier alpha value is -2.45. The Morgan fingerprint density at radius 3 is 2.62 bits per heavy atom. The summed E-state index contributed by atoms with van der Waals surface area (Å²) >= 11 is 0. The molecular weight excluding hydrogens is 410 g/mol. The van der Waals surface area contributed by atoms with E-state index in [-0.39, 0.29) is 24.3 Å². The van der Waals surface area contributed by atoms with Crippen LogP contribution >= 0.6 is 0 Å². The van der Waals surface area contributed by atoms with Crippen LogP contribution in [-0.2, 0) is 14.4 Å². The molecule has 0 radical (unpaired) electrons. The third-order valence-electron chi connectivity index (χ3n) is 7.04. The predicted molar refractivity (Wildman–Crippen MR) is 120 cm³/mol. The standard InChI is InChI=1S/C23H33N3O3.CH2O2/c1-16(27)24-13-21-19-12-18(20-8-5-9-23(29)26(20)21)14-25(15-19)11-10-22(28)17-6-3-2-4-7-17;2-1-3/h2-4,6-7,18-22,28H,5,8-15H2,1H3,(H,24,27);1H,(H,2,3)/t18-,19+,20+,21+,22+;/m1./s1. The summed E-state index contributed by atoms with van der Waals surface area (Å²) in [6.07, 6.45) is 4.09. The van der Waals surface area contributed by atoms with Crippen LogP contribution < -0.4 is 5.32 Å². The quantitative estimate of drug-likeness (QED) is 0.575. The lowest BCUT2D eigenvalue weighted by atomic mass is 9.72. The number of benzene rings is 1. The molecule has 8 nitrogen and oxygen atoms in total. The van der Waals surface area contributed by atoms with Crippen LogP contribution in [0.5, 0.6) is 0 Å². The van der Waals surface area contributed by atoms with Crippen molar-refractivity contribution in [2.24, 2.45) is 11.8 Å². The third-order valence-corrected chi connectivity index (χ3v) is 7.04. The Labute approximate surface area is 189 Å². The van der Waals surface area contributed by atoms with Crippen LogP contribution in [0.1, 0.15) is 50.7 Å². The molecule has 3 saturated heterocycles. The highest BCUT2D eigenvalue weighted by Crippen LogP contribution is 2.41. The highest BCUT2D eigenvalue weighted by Gasteiger charge is 2.49. The molecule has 0 saturated carbocycles. The number of nitrogens with zero attached hydrogens (tertiary/aromatic N) is 2. The average molecular weight is 446 g/mol. The molecule has 1 aromatic carbocycles. The molecule has 1 aromatic rings. The van der Waals surface area contributed by atoms with Crippen molar-refractivity contribution in [2.75, 3.05) is 26.2 Å². The number of hydrogen-bond donors (Lipinski definition) is 3. The van der Waals surface area contributed by atoms with Crippen LogP contribution in [0.25, 0.3) is 0 Å². The lowest BCUT2D eigenvalue weighted by Crippen LogP contribution is -2.67. The van der Waals surface area contributed by atoms with Crippen LogP contribution in [0.3, 0.4) is 0 Å². The molecule has 0 spiro atoms. The smallest absolute Gasteiger partial charge is 0.290 e. The van der Waals surface area contributed by atoms with E-state index in [0.29, 0.717) is 37.3 Å². The van der Waals surface area contributed by atoms with E-state index in [2.05, 4.69) is 15.1 Å². The van der Waals surface area contributed by atoms with Gasteiger partial charge in [0, 0.05) is 45.6 Å². The minimum absolute atomic E-state index is 0.0354. The number of aliphatic hydroxyl groups is 1. The molecule has 3 aliphatic heterocycles. The van der Waals surface area contributed by atoms with Gasteiger partial charge in [0.15, 0.2) is 0 Å². The van der Waals surface area contributed by atoms with Crippen molar-refractivity contribution < 1.29 is 24.6 Å². The summed E-state index contributed by atoms with van der Waals surface area (Å²) in [6.45, 7) is 4.63. The zero-order valence-electron chi connectivity index (χ0n) is 18.7. The van der Waals surface area contributed by atoms with Crippen LogP contribution in [-0.4, -0.2) is 76.6 Å². The van der Waals surface area contributed by atoms with E-state index in [4.69, 9.17) is 9.90 Å². The Kier molecular flexibility index (Phi) is 8.64. The molecule has 5 atom stereocenters. The molecule has 2 bridgehead atoms. The maximum atomic E-state index is 12.7. The predicted octanol–water partition coefficient (Wildman–Crippen LogP) is 1.65. The highest BCUT2D eigenvalue weighted by molar-refractivity contribution is 5.78. The van der Waals surface area contributed by atoms with Crippen LogP contribution in [0.4, 0.5) is 0 Å². The SMILES string of the molecule is CC(=O)NC[C@H]1[C@H]2C[C@H](CN(CC[C@H](O)c3ccccc3)C2)[C@@H]2CCCC(=O)N21.O=CO. The molecule has 3 N–H and O–H groups in total. The summed E-state index contributed by atoms with van der Waals surface area (Å²) in [4.78, 5) is 37.2. The van der Waals surface area contributed by atoms with Gasteiger partial charge in [0.05, 0.1) is 12.1 Å². The first-order chi connectivity index (χ1) is 15.4. The Morgan fingerprint density at radius 2 is 1.94 bits per heavy atom. The van der Waals surface area contributed by atoms with Crippen molar-refractivity contribution in [3.63, 3.8) is 0 Å². The number of hydrogen-bond acceptors (Lipinski definition) is 5. The van der Waals surface area contributed by atoms with E-state index in [1.165, 1.54) is 0 Å². The third kappa shape index (κ3) is 5.86. The summed E-state index contributed by atoms with van der Waals surface area (Å²) < 4.78 is 0. The molecule has 3 aliphatic rings. The van der Waals surface area contributed by atoms with Crippen molar-refractivity contribution in [2.45, 2.75) is 57.2 Å². The molecule has 4 rings (SSSR count). The summed E-state index contributed by atoms with van der Waals surface area (Å²) in [5.74, 6) is 1.11. The normalized spacial score (nSPS) is 28.1. The summed E-state index contributed by atoms with van der Waals surface area (Å²) in [5, 5.41) is 20.4. The van der Waals surface area contributed by atoms with Crippen LogP contribution in [0.15, 0.2) is 30.3 Å². The van der Waals surface area contributed by atoms with E-state index in [9.17, 15) is 14.7 Å². The summed E-state index contributed by atoms with van der Waals surface area (Å²) in [7, 11) is 0. The molecule has 0 unspecified atom stereocenters. The lowest BCUT2D eigenvalue weighted by Gasteiger charge is -2.56. The molecule has 176 valence electrons. The molecule has 32 heavy (non-hydrogen) atoms. The van der Waals surface area contributed by atoms with Gasteiger partial charge >= 0.3 is 0 Å². The molecule has 2 amide bonds. The number of rotatable bonds is 6. The largest absolute Gasteiger partial charge is 0.483 e. The average Bonchev–Trinajstić information content (AvgIpc) is 2.79. The maximum absolute atomic E-state index is 12.7. The second-order valence-electron chi connectivity index (χ2n) is 9.10. The van der Waals surface area contributed by atoms with Crippen molar-refractivity contribution in [1.82, 2.24) is 15.1 Å². The molecule has 3 heterocycles. The fourth-order valence-electron chi connectivity index (χ4n) is 5.71. The Bertz CT molecular complexity index is 774. The van der Waals surface area contributed by atoms with Gasteiger partial charge in [0.25, 0.3) is 6.47 Å². The minimum Gasteiger partial charge on any atom is -0.483 e. The Morgan fingerprint density at radius 1 is 1.25 bits per heavy atom. The Balaban J connectivity index is 0.000000913. The van der Waals surface area contributed by atoms with Crippen molar-refractivity contribution in [1.29, 1.82) is 0 Å². The van der Waals surface area contributed by atoms with Gasteiger partial charge < -0.3 is 25.3 Å². The number of nitrogens with one attached hydrogen (secondary N) is 1. The van der Waals surface area contributed by atoms with Gasteiger partial charge in [-0.05, 0) is 43.1 Å². The number of carbonyl (C=O) groups excluding carboxylic acids is 2. The van der Waals surface area contributed by atoms with Crippen LogP contribution in [0, 0.1) is 11.8 Å². The molecule has 3 fully saturated rings. The monoisotopic (exact) mass is 445 g/mol. The number of aliphatic hydroxyl groups excluding tert-OH is 1. The van der Waals surface area contributed by atoms with Gasteiger partial charge in [-0.25, -0.2) is 0 Å². The first-order valence-electron chi connectivity index (χ1n) is 11.5. The van der Waals surface area contributed by atoms with E-state index < -0.39 is 6.10 Å². The number of carboxylic acid groups (broad SMARTS) is 1. The second-order valence-corrected chi connectivity index (χ2v) is 9.10. The van der Waals surface area contributed by atoms with Gasteiger partial charge in [-0.2, -0.15) is 0 Å². The zero-order valence-corrected chi connectivity index (χ0v) is 18.7. The van der Waals surface area contributed by atoms with Gasteiger partial charge in [0.2, 0.25) is 11.8 Å². The fourth-order valence-corrected chi connectivity index (χ4v) is 5.71. The maximum Gasteiger partial charge on any atom is 0.290 e. The van der Waals surface area contributed by atoms with E-state index >= 15 is 0 Å². The van der Waals surface area contributed by atoms with Crippen LogP contribution in [0.2, 0.25) is 0 Å². The van der Waals surface area contributed by atoms with Gasteiger partial charge in [-0.3, -0.25) is 14.4 Å². The number of fused-ring (bicyclic) bond motifs is 4. The highest BCUT2D eigenvalue weighted by atomic mass is 16.3. The van der Waals surface area contributed by atoms with E-state index in [1.807, 2.05) is 30.3 Å². The molecule has 0 aliphatic carbocycles. The molecule has 8 heteroatoms. The van der Waals surface area contributed by atoms with Crippen molar-refractivity contribution in [3.8, 4) is 0 Å². The lowest BCUT2D eigenvalue weighted by molar-refractivity contribution is -0.153. The second kappa shape index (κ2) is 11.4. The number of piperidine rings is 3.